The smallest absolute Gasteiger partial charge is 0.00900 e. The van der Waals surface area contributed by atoms with Crippen molar-refractivity contribution in [3.8, 4) is 0 Å². The Hall–Kier alpha value is -0.0400. The van der Waals surface area contributed by atoms with Crippen LogP contribution in [0, 0.1) is 11.8 Å². The minimum atomic E-state index is 0.771. The summed E-state index contributed by atoms with van der Waals surface area (Å²) in [6, 6.07) is 0.771. The third-order valence-electron chi connectivity index (χ3n) is 3.23. The Bertz CT molecular complexity index is 131. The van der Waals surface area contributed by atoms with Crippen molar-refractivity contribution in [2.45, 2.75) is 46.6 Å². The Balaban J connectivity index is 2.40. The van der Waals surface area contributed by atoms with Crippen LogP contribution in [0.1, 0.15) is 40.5 Å². The second-order valence-electron chi connectivity index (χ2n) is 4.73. The zero-order valence-corrected chi connectivity index (χ0v) is 9.01. The Morgan fingerprint density at radius 3 is 2.42 bits per heavy atom. The molecule has 1 nitrogen and oxygen atoms in total. The molecular formula is C11H23N. The molecule has 0 unspecified atom stereocenters. The van der Waals surface area contributed by atoms with E-state index in [1.54, 1.807) is 0 Å². The molecule has 72 valence electrons. The van der Waals surface area contributed by atoms with E-state index < -0.39 is 0 Å². The van der Waals surface area contributed by atoms with Crippen LogP contribution in [-0.2, 0) is 0 Å². The van der Waals surface area contributed by atoms with Crippen molar-refractivity contribution >= 4 is 0 Å². The highest BCUT2D eigenvalue weighted by Crippen LogP contribution is 2.20. The van der Waals surface area contributed by atoms with Crippen LogP contribution in [0.25, 0.3) is 0 Å². The molecule has 0 aliphatic carbocycles. The van der Waals surface area contributed by atoms with Gasteiger partial charge in [-0.3, -0.25) is 0 Å². The highest BCUT2D eigenvalue weighted by Gasteiger charge is 2.22. The van der Waals surface area contributed by atoms with Crippen LogP contribution in [0.2, 0.25) is 0 Å². The van der Waals surface area contributed by atoms with E-state index in [-0.39, 0.29) is 0 Å². The average molecular weight is 169 g/mol. The molecule has 1 aliphatic heterocycles. The Kier molecular flexibility index (Phi) is 3.57. The lowest BCUT2D eigenvalue weighted by atomic mass is 9.96. The lowest BCUT2D eigenvalue weighted by molar-refractivity contribution is 0.112. The quantitative estimate of drug-likeness (QED) is 0.614. The van der Waals surface area contributed by atoms with Crippen LogP contribution >= 0.6 is 0 Å². The molecule has 1 heterocycles. The highest BCUT2D eigenvalue weighted by atomic mass is 15.2. The predicted octanol–water partition coefficient (Wildman–Crippen LogP) is 2.76. The molecule has 0 bridgehead atoms. The molecule has 1 fully saturated rings. The van der Waals surface area contributed by atoms with Gasteiger partial charge >= 0.3 is 0 Å². The minimum Gasteiger partial charge on any atom is -0.300 e. The van der Waals surface area contributed by atoms with Gasteiger partial charge in [-0.2, -0.15) is 0 Å². The van der Waals surface area contributed by atoms with Gasteiger partial charge in [-0.1, -0.05) is 20.8 Å². The standard InChI is InChI=1S/C11H23N/c1-9(2)11(4)12-7-5-6-10(3)8-12/h9-11H,5-8H2,1-4H3/t10-,11+/m1/s1. The predicted molar refractivity (Wildman–Crippen MR) is 54.3 cm³/mol. The second kappa shape index (κ2) is 4.27. The highest BCUT2D eigenvalue weighted by molar-refractivity contribution is 4.76. The molecule has 0 spiro atoms. The Labute approximate surface area is 77.1 Å². The van der Waals surface area contributed by atoms with Crippen LogP contribution in [0.5, 0.6) is 0 Å². The number of piperidine rings is 1. The van der Waals surface area contributed by atoms with Gasteiger partial charge in [0.1, 0.15) is 0 Å². The fourth-order valence-corrected chi connectivity index (χ4v) is 2.02. The van der Waals surface area contributed by atoms with Crippen LogP contribution < -0.4 is 0 Å². The van der Waals surface area contributed by atoms with E-state index in [1.165, 1.54) is 25.9 Å². The van der Waals surface area contributed by atoms with Gasteiger partial charge in [0.2, 0.25) is 0 Å². The molecule has 12 heavy (non-hydrogen) atoms. The summed E-state index contributed by atoms with van der Waals surface area (Å²) in [4.78, 5) is 2.65. The second-order valence-corrected chi connectivity index (χ2v) is 4.73. The van der Waals surface area contributed by atoms with E-state index in [0.29, 0.717) is 0 Å². The zero-order valence-electron chi connectivity index (χ0n) is 9.01. The first-order valence-electron chi connectivity index (χ1n) is 5.35. The SMILES string of the molecule is CC(C)[C@H](C)N1CCC[C@@H](C)C1. The summed E-state index contributed by atoms with van der Waals surface area (Å²) in [6.07, 6.45) is 2.83. The van der Waals surface area contributed by atoms with Crippen LogP contribution in [0.4, 0.5) is 0 Å². The lowest BCUT2D eigenvalue weighted by Gasteiger charge is -2.37. The molecule has 0 saturated carbocycles. The molecule has 1 heteroatoms. The summed E-state index contributed by atoms with van der Waals surface area (Å²) in [6.45, 7) is 12.0. The summed E-state index contributed by atoms with van der Waals surface area (Å²) < 4.78 is 0. The molecule has 0 aromatic heterocycles. The monoisotopic (exact) mass is 169 g/mol. The van der Waals surface area contributed by atoms with Gasteiger partial charge in [0.05, 0.1) is 0 Å². The minimum absolute atomic E-state index is 0.771. The Morgan fingerprint density at radius 1 is 1.25 bits per heavy atom. The van der Waals surface area contributed by atoms with Crippen molar-refractivity contribution < 1.29 is 0 Å². The molecule has 0 amide bonds. The maximum atomic E-state index is 2.65. The maximum Gasteiger partial charge on any atom is 0.00900 e. The average Bonchev–Trinajstić information content (AvgIpc) is 2.03. The van der Waals surface area contributed by atoms with Crippen molar-refractivity contribution in [2.24, 2.45) is 11.8 Å². The van der Waals surface area contributed by atoms with E-state index in [4.69, 9.17) is 0 Å². The van der Waals surface area contributed by atoms with Gasteiger partial charge in [0, 0.05) is 12.6 Å². The first kappa shape index (κ1) is 10.0. The summed E-state index contributed by atoms with van der Waals surface area (Å²) in [5.74, 6) is 1.72. The van der Waals surface area contributed by atoms with Crippen LogP contribution in [0.3, 0.4) is 0 Å². The van der Waals surface area contributed by atoms with Gasteiger partial charge in [-0.05, 0) is 38.1 Å². The van der Waals surface area contributed by atoms with E-state index in [1.807, 2.05) is 0 Å². The molecule has 0 aromatic rings. The molecule has 2 atom stereocenters. The first-order valence-corrected chi connectivity index (χ1v) is 5.35. The van der Waals surface area contributed by atoms with Crippen molar-refractivity contribution in [3.63, 3.8) is 0 Å². The first-order chi connectivity index (χ1) is 5.61. The summed E-state index contributed by atoms with van der Waals surface area (Å²) in [7, 11) is 0. The summed E-state index contributed by atoms with van der Waals surface area (Å²) in [5, 5.41) is 0. The molecule has 1 aliphatic rings. The van der Waals surface area contributed by atoms with Gasteiger partial charge in [0.25, 0.3) is 0 Å². The van der Waals surface area contributed by atoms with Gasteiger partial charge in [-0.15, -0.1) is 0 Å². The molecule has 1 saturated heterocycles. The number of rotatable bonds is 2. The molecule has 0 radical (unpaired) electrons. The molecular weight excluding hydrogens is 146 g/mol. The normalized spacial score (nSPS) is 29.2. The molecule has 0 N–H and O–H groups in total. The van der Waals surface area contributed by atoms with Crippen LogP contribution in [-0.4, -0.2) is 24.0 Å². The number of hydrogen-bond acceptors (Lipinski definition) is 1. The lowest BCUT2D eigenvalue weighted by Crippen LogP contribution is -2.42. The maximum absolute atomic E-state index is 2.65. The third-order valence-corrected chi connectivity index (χ3v) is 3.23. The van der Waals surface area contributed by atoms with E-state index >= 15 is 0 Å². The number of nitrogens with zero attached hydrogens (tertiary/aromatic N) is 1. The summed E-state index contributed by atoms with van der Waals surface area (Å²) >= 11 is 0. The molecule has 1 rings (SSSR count). The largest absolute Gasteiger partial charge is 0.300 e. The topological polar surface area (TPSA) is 3.24 Å². The van der Waals surface area contributed by atoms with E-state index in [9.17, 15) is 0 Å². The van der Waals surface area contributed by atoms with Crippen molar-refractivity contribution in [1.82, 2.24) is 4.90 Å². The number of likely N-dealkylation sites (tertiary alicyclic amines) is 1. The Morgan fingerprint density at radius 2 is 1.92 bits per heavy atom. The third kappa shape index (κ3) is 2.48. The van der Waals surface area contributed by atoms with Crippen LogP contribution in [0.15, 0.2) is 0 Å². The fraction of sp³-hybridized carbons (Fsp3) is 1.00. The van der Waals surface area contributed by atoms with E-state index in [2.05, 4.69) is 32.6 Å². The number of hydrogen-bond donors (Lipinski definition) is 0. The van der Waals surface area contributed by atoms with E-state index in [0.717, 1.165) is 17.9 Å². The van der Waals surface area contributed by atoms with Crippen molar-refractivity contribution in [1.29, 1.82) is 0 Å². The van der Waals surface area contributed by atoms with Crippen molar-refractivity contribution in [2.75, 3.05) is 13.1 Å². The molecule has 0 aromatic carbocycles. The summed E-state index contributed by atoms with van der Waals surface area (Å²) in [5.41, 5.74) is 0. The van der Waals surface area contributed by atoms with Crippen molar-refractivity contribution in [3.05, 3.63) is 0 Å². The fourth-order valence-electron chi connectivity index (χ4n) is 2.02. The van der Waals surface area contributed by atoms with Gasteiger partial charge in [-0.25, -0.2) is 0 Å². The zero-order chi connectivity index (χ0) is 9.14. The van der Waals surface area contributed by atoms with Gasteiger partial charge < -0.3 is 4.90 Å². The van der Waals surface area contributed by atoms with Gasteiger partial charge in [0.15, 0.2) is 0 Å².